The molecule has 1 N–H and O–H groups in total. The van der Waals surface area contributed by atoms with Gasteiger partial charge < -0.3 is 9.84 Å². The first kappa shape index (κ1) is 18.5. The van der Waals surface area contributed by atoms with Gasteiger partial charge in [0, 0.05) is 6.54 Å². The zero-order valence-corrected chi connectivity index (χ0v) is 12.4. The second-order valence-corrected chi connectivity index (χ2v) is 5.21. The number of ether oxygens (including phenoxy) is 1. The number of halogens is 2. The minimum atomic E-state index is -1.28. The predicted molar refractivity (Wildman–Crippen MR) is 79.5 cm³/mol. The molecule has 2 rings (SSSR count). The number of hydrogen-bond donors (Lipinski definition) is 1. The summed E-state index contributed by atoms with van der Waals surface area (Å²) in [6.45, 7) is 5.04. The third kappa shape index (κ3) is 4.46. The number of epoxide rings is 1. The summed E-state index contributed by atoms with van der Waals surface area (Å²) in [6.07, 6.45) is 0. The number of carboxylic acid groups (broad SMARTS) is 1. The fourth-order valence-electron chi connectivity index (χ4n) is 1.44. The quantitative estimate of drug-likeness (QED) is 0.365. The molecule has 1 aromatic heterocycles. The molecule has 112 valence electrons. The number of carbonyl (C=O) groups is 1. The van der Waals surface area contributed by atoms with E-state index in [4.69, 9.17) is 37.9 Å². The van der Waals surface area contributed by atoms with Gasteiger partial charge in [0.1, 0.15) is 17.2 Å². The number of hydroxylamine groups is 1. The van der Waals surface area contributed by atoms with Crippen LogP contribution >= 0.6 is 23.2 Å². The fourth-order valence-corrected chi connectivity index (χ4v) is 1.86. The molecule has 0 aromatic carbocycles. The number of aromatic carboxylic acids is 1. The molecule has 1 atom stereocenters. The van der Waals surface area contributed by atoms with Gasteiger partial charge in [0.2, 0.25) is 5.28 Å². The van der Waals surface area contributed by atoms with E-state index >= 15 is 0 Å². The molecule has 0 saturated carbocycles. The van der Waals surface area contributed by atoms with Crippen LogP contribution < -0.4 is 5.06 Å². The SMILES string of the molecule is CCN(OC[C@@]1(C)CO1)c1nc(Cl)nc(C(=O)O)c1Cl.[LiH]. The molecule has 1 aliphatic rings. The summed E-state index contributed by atoms with van der Waals surface area (Å²) in [5, 5.41) is 10.1. The Morgan fingerprint density at radius 1 is 1.52 bits per heavy atom. The number of hydrogen-bond acceptors (Lipinski definition) is 6. The Morgan fingerprint density at radius 3 is 2.62 bits per heavy atom. The third-order valence-corrected chi connectivity index (χ3v) is 3.21. The second-order valence-electron chi connectivity index (χ2n) is 4.49. The van der Waals surface area contributed by atoms with Crippen molar-refractivity contribution < 1.29 is 19.5 Å². The number of rotatable bonds is 6. The molecule has 0 unspecified atom stereocenters. The molecule has 1 aromatic rings. The number of nitrogens with zero attached hydrogens (tertiary/aromatic N) is 3. The van der Waals surface area contributed by atoms with Crippen molar-refractivity contribution >= 4 is 53.8 Å². The van der Waals surface area contributed by atoms with Gasteiger partial charge in [-0.2, -0.15) is 4.98 Å². The summed E-state index contributed by atoms with van der Waals surface area (Å²) in [5.41, 5.74) is -0.676. The Hall–Kier alpha value is -0.553. The third-order valence-electron chi connectivity index (χ3n) is 2.70. The van der Waals surface area contributed by atoms with E-state index in [1.807, 2.05) is 13.8 Å². The summed E-state index contributed by atoms with van der Waals surface area (Å²) >= 11 is 11.7. The zero-order chi connectivity index (χ0) is 14.9. The zero-order valence-electron chi connectivity index (χ0n) is 10.9. The topological polar surface area (TPSA) is 88.1 Å². The maximum absolute atomic E-state index is 11.1. The van der Waals surface area contributed by atoms with Gasteiger partial charge in [-0.15, -0.1) is 0 Å². The van der Waals surface area contributed by atoms with Gasteiger partial charge in [-0.1, -0.05) is 11.6 Å². The summed E-state index contributed by atoms with van der Waals surface area (Å²) in [6, 6.07) is 0. The molecule has 7 nitrogen and oxygen atoms in total. The fraction of sp³-hybridized carbons (Fsp3) is 0.545. The molecule has 0 radical (unpaired) electrons. The molecule has 1 fully saturated rings. The van der Waals surface area contributed by atoms with Crippen molar-refractivity contribution in [3.05, 3.63) is 16.0 Å². The molecule has 10 heteroatoms. The van der Waals surface area contributed by atoms with Gasteiger partial charge in [0.25, 0.3) is 0 Å². The second kappa shape index (κ2) is 7.14. The Kier molecular flexibility index (Phi) is 6.29. The molecule has 0 bridgehead atoms. The molecule has 0 spiro atoms. The van der Waals surface area contributed by atoms with Gasteiger partial charge >= 0.3 is 24.8 Å². The summed E-state index contributed by atoms with van der Waals surface area (Å²) in [5.74, 6) is -1.16. The van der Waals surface area contributed by atoms with Crippen molar-refractivity contribution in [2.75, 3.05) is 24.8 Å². The molecule has 0 amide bonds. The van der Waals surface area contributed by atoms with Crippen molar-refractivity contribution in [1.82, 2.24) is 9.97 Å². The average Bonchev–Trinajstić information content (AvgIpc) is 3.11. The Bertz CT molecular complexity index is 542. The summed E-state index contributed by atoms with van der Waals surface area (Å²) < 4.78 is 5.21. The van der Waals surface area contributed by atoms with E-state index in [-0.39, 0.29) is 46.3 Å². The Labute approximate surface area is 143 Å². The Morgan fingerprint density at radius 2 is 2.14 bits per heavy atom. The van der Waals surface area contributed by atoms with Crippen LogP contribution in [0.1, 0.15) is 24.3 Å². The predicted octanol–water partition coefficient (Wildman–Crippen LogP) is 1.38. The minimum absolute atomic E-state index is 0. The van der Waals surface area contributed by atoms with E-state index in [1.54, 1.807) is 0 Å². The first-order chi connectivity index (χ1) is 9.36. The van der Waals surface area contributed by atoms with E-state index in [0.29, 0.717) is 19.8 Å². The molecule has 0 aliphatic carbocycles. The van der Waals surface area contributed by atoms with Crippen LogP contribution in [0.25, 0.3) is 0 Å². The Balaban J connectivity index is 0.00000220. The van der Waals surface area contributed by atoms with E-state index < -0.39 is 5.97 Å². The van der Waals surface area contributed by atoms with Crippen LogP contribution in [-0.4, -0.2) is 65.3 Å². The normalized spacial score (nSPS) is 19.8. The molecule has 1 aliphatic heterocycles. The molecular formula is C11H14Cl2LiN3O4. The van der Waals surface area contributed by atoms with Crippen molar-refractivity contribution in [2.45, 2.75) is 19.4 Å². The van der Waals surface area contributed by atoms with Gasteiger partial charge in [-0.25, -0.2) is 14.8 Å². The molecular weight excluding hydrogens is 316 g/mol. The van der Waals surface area contributed by atoms with Gasteiger partial charge in [0.15, 0.2) is 11.5 Å². The van der Waals surface area contributed by atoms with Gasteiger partial charge in [0.05, 0.1) is 6.61 Å². The average molecular weight is 330 g/mol. The summed E-state index contributed by atoms with van der Waals surface area (Å²) in [4.78, 5) is 24.1. The van der Waals surface area contributed by atoms with Crippen LogP contribution in [0, 0.1) is 0 Å². The first-order valence-corrected chi connectivity index (χ1v) is 6.62. The van der Waals surface area contributed by atoms with E-state index in [2.05, 4.69) is 9.97 Å². The van der Waals surface area contributed by atoms with Crippen LogP contribution in [0.15, 0.2) is 0 Å². The van der Waals surface area contributed by atoms with Crippen molar-refractivity contribution in [2.24, 2.45) is 0 Å². The maximum atomic E-state index is 11.1. The van der Waals surface area contributed by atoms with Gasteiger partial charge in [-0.3, -0.25) is 4.84 Å². The van der Waals surface area contributed by atoms with Crippen LogP contribution in [0.4, 0.5) is 5.82 Å². The first-order valence-electron chi connectivity index (χ1n) is 5.87. The number of aromatic nitrogens is 2. The standard InChI is InChI=1S/C11H13Cl2N3O4.Li.H/c1-3-16(20-5-11(2)4-19-11)8-6(12)7(9(17)18)14-10(13)15-8;;/h3-5H2,1-2H3,(H,17,18);;/t11-;;/m1../s1. The van der Waals surface area contributed by atoms with E-state index in [9.17, 15) is 4.79 Å². The van der Waals surface area contributed by atoms with Crippen LogP contribution in [0.5, 0.6) is 0 Å². The van der Waals surface area contributed by atoms with Crippen molar-refractivity contribution in [1.29, 1.82) is 0 Å². The van der Waals surface area contributed by atoms with Gasteiger partial charge in [-0.05, 0) is 25.4 Å². The monoisotopic (exact) mass is 329 g/mol. The van der Waals surface area contributed by atoms with Crippen molar-refractivity contribution in [3.63, 3.8) is 0 Å². The van der Waals surface area contributed by atoms with Crippen LogP contribution in [-0.2, 0) is 9.57 Å². The van der Waals surface area contributed by atoms with Crippen LogP contribution in [0.3, 0.4) is 0 Å². The molecule has 1 saturated heterocycles. The molecule has 21 heavy (non-hydrogen) atoms. The van der Waals surface area contributed by atoms with Crippen LogP contribution in [0.2, 0.25) is 10.3 Å². The van der Waals surface area contributed by atoms with Crippen molar-refractivity contribution in [3.8, 4) is 0 Å². The number of anilines is 1. The molecule has 2 heterocycles. The van der Waals surface area contributed by atoms with E-state index in [0.717, 1.165) is 0 Å². The van der Waals surface area contributed by atoms with E-state index in [1.165, 1.54) is 5.06 Å². The number of carboxylic acids is 1. The summed E-state index contributed by atoms with van der Waals surface area (Å²) in [7, 11) is 0.